The number of pyridine rings is 1. The van der Waals surface area contributed by atoms with E-state index < -0.39 is 23.0 Å². The fraction of sp³-hybridized carbons (Fsp3) is 0.143. The number of nitrogens with zero attached hydrogens (tertiary/aromatic N) is 1. The van der Waals surface area contributed by atoms with Gasteiger partial charge >= 0.3 is 0 Å². The van der Waals surface area contributed by atoms with E-state index in [0.29, 0.717) is 5.69 Å². The van der Waals surface area contributed by atoms with Gasteiger partial charge in [0.2, 0.25) is 0 Å². The van der Waals surface area contributed by atoms with Gasteiger partial charge in [-0.1, -0.05) is 6.07 Å². The number of rotatable bonds is 2. The Labute approximate surface area is 103 Å². The first-order chi connectivity index (χ1) is 8.50. The number of aromatic nitrogens is 1. The lowest BCUT2D eigenvalue weighted by Gasteiger charge is -2.06. The third-order valence-electron chi connectivity index (χ3n) is 2.67. The second kappa shape index (κ2) is 4.64. The Bertz CT molecular complexity index is 623. The first kappa shape index (κ1) is 12.4. The number of hydrogen-bond acceptors (Lipinski definition) is 2. The molecule has 2 aromatic rings. The molecule has 92 valence electrons. The van der Waals surface area contributed by atoms with Gasteiger partial charge in [0.1, 0.15) is 11.6 Å². The Kier molecular flexibility index (Phi) is 3.19. The summed E-state index contributed by atoms with van der Waals surface area (Å²) in [5, 5.41) is 0. The number of benzene rings is 1. The summed E-state index contributed by atoms with van der Waals surface area (Å²) in [4.78, 5) is 16.0. The third kappa shape index (κ3) is 2.14. The van der Waals surface area contributed by atoms with Crippen LogP contribution in [0.4, 0.5) is 8.78 Å². The molecule has 0 fully saturated rings. The van der Waals surface area contributed by atoms with Crippen LogP contribution in [0.25, 0.3) is 0 Å². The van der Waals surface area contributed by atoms with E-state index in [9.17, 15) is 13.6 Å². The maximum absolute atomic E-state index is 13.8. The van der Waals surface area contributed by atoms with Gasteiger partial charge < -0.3 is 0 Å². The summed E-state index contributed by atoms with van der Waals surface area (Å²) in [5.41, 5.74) is 0.575. The molecule has 0 amide bonds. The molecule has 1 heterocycles. The monoisotopic (exact) mass is 247 g/mol. The van der Waals surface area contributed by atoms with Crippen molar-refractivity contribution >= 4 is 5.78 Å². The second-order valence-corrected chi connectivity index (χ2v) is 4.07. The maximum Gasteiger partial charge on any atom is 0.199 e. The van der Waals surface area contributed by atoms with Crippen LogP contribution in [0.1, 0.15) is 27.2 Å². The van der Waals surface area contributed by atoms with E-state index in [0.717, 1.165) is 6.07 Å². The summed E-state index contributed by atoms with van der Waals surface area (Å²) in [7, 11) is 0. The number of aryl methyl sites for hydroxylation is 2. The zero-order chi connectivity index (χ0) is 13.3. The van der Waals surface area contributed by atoms with Gasteiger partial charge in [-0.15, -0.1) is 0 Å². The molecule has 2 rings (SSSR count). The standard InChI is InChI=1S/C14H11F2NO/c1-8-3-4-11(15)12(13(8)16)14(18)10-5-6-17-9(2)7-10/h3-7H,1-2H3. The lowest BCUT2D eigenvalue weighted by atomic mass is 10.0. The highest BCUT2D eigenvalue weighted by Gasteiger charge is 2.20. The summed E-state index contributed by atoms with van der Waals surface area (Å²) in [5.74, 6) is -2.33. The third-order valence-corrected chi connectivity index (χ3v) is 2.67. The van der Waals surface area contributed by atoms with Gasteiger partial charge in [0.15, 0.2) is 5.78 Å². The Hall–Kier alpha value is -2.10. The molecule has 4 heteroatoms. The fourth-order valence-corrected chi connectivity index (χ4v) is 1.70. The molecule has 18 heavy (non-hydrogen) atoms. The minimum absolute atomic E-state index is 0.228. The van der Waals surface area contributed by atoms with E-state index in [1.807, 2.05) is 0 Å². The van der Waals surface area contributed by atoms with E-state index in [1.165, 1.54) is 31.3 Å². The van der Waals surface area contributed by atoms with Crippen LogP contribution in [0, 0.1) is 25.5 Å². The van der Waals surface area contributed by atoms with Crippen LogP contribution in [-0.4, -0.2) is 10.8 Å². The van der Waals surface area contributed by atoms with Crippen molar-refractivity contribution in [2.45, 2.75) is 13.8 Å². The van der Waals surface area contributed by atoms with Crippen LogP contribution in [0.2, 0.25) is 0 Å². The molecule has 0 unspecified atom stereocenters. The van der Waals surface area contributed by atoms with E-state index in [4.69, 9.17) is 0 Å². The van der Waals surface area contributed by atoms with Gasteiger partial charge in [-0.3, -0.25) is 9.78 Å². The second-order valence-electron chi connectivity index (χ2n) is 4.07. The lowest BCUT2D eigenvalue weighted by molar-refractivity contribution is 0.103. The highest BCUT2D eigenvalue weighted by Crippen LogP contribution is 2.20. The zero-order valence-corrected chi connectivity index (χ0v) is 10.00. The predicted octanol–water partition coefficient (Wildman–Crippen LogP) is 3.21. The van der Waals surface area contributed by atoms with Crippen LogP contribution in [0.5, 0.6) is 0 Å². The average molecular weight is 247 g/mol. The SMILES string of the molecule is Cc1cc(C(=O)c2c(F)ccc(C)c2F)ccn1. The molecule has 2 nitrogen and oxygen atoms in total. The van der Waals surface area contributed by atoms with E-state index in [1.54, 1.807) is 6.92 Å². The molecule has 0 radical (unpaired) electrons. The van der Waals surface area contributed by atoms with Crippen LogP contribution in [-0.2, 0) is 0 Å². The number of ketones is 1. The van der Waals surface area contributed by atoms with Gasteiger partial charge in [0.05, 0.1) is 5.56 Å². The minimum atomic E-state index is -0.849. The summed E-state index contributed by atoms with van der Waals surface area (Å²) in [6, 6.07) is 5.35. The first-order valence-corrected chi connectivity index (χ1v) is 5.42. The smallest absolute Gasteiger partial charge is 0.199 e. The molecule has 0 spiro atoms. The summed E-state index contributed by atoms with van der Waals surface area (Å²) in [6.07, 6.45) is 1.44. The first-order valence-electron chi connectivity index (χ1n) is 5.42. The van der Waals surface area contributed by atoms with Crippen LogP contribution in [0.15, 0.2) is 30.5 Å². The molecule has 0 atom stereocenters. The predicted molar refractivity (Wildman–Crippen MR) is 63.5 cm³/mol. The van der Waals surface area contributed by atoms with Crippen molar-refractivity contribution in [1.82, 2.24) is 4.98 Å². The summed E-state index contributed by atoms with van der Waals surface area (Å²) < 4.78 is 27.4. The highest BCUT2D eigenvalue weighted by molar-refractivity contribution is 6.09. The molecule has 0 aliphatic rings. The van der Waals surface area contributed by atoms with Gasteiger partial charge in [-0.05, 0) is 37.6 Å². The van der Waals surface area contributed by atoms with Crippen molar-refractivity contribution in [1.29, 1.82) is 0 Å². The van der Waals surface area contributed by atoms with Crippen molar-refractivity contribution in [3.05, 3.63) is 64.5 Å². The van der Waals surface area contributed by atoms with Crippen LogP contribution >= 0.6 is 0 Å². The normalized spacial score (nSPS) is 10.4. The number of carbonyl (C=O) groups is 1. The Morgan fingerprint density at radius 3 is 2.56 bits per heavy atom. The molecule has 1 aromatic carbocycles. The molecule has 0 bridgehead atoms. The van der Waals surface area contributed by atoms with E-state index in [2.05, 4.69) is 4.98 Å². The number of hydrogen-bond donors (Lipinski definition) is 0. The Morgan fingerprint density at radius 2 is 1.89 bits per heavy atom. The molecule has 1 aromatic heterocycles. The van der Waals surface area contributed by atoms with Crippen molar-refractivity contribution < 1.29 is 13.6 Å². The minimum Gasteiger partial charge on any atom is -0.288 e. The molecule has 0 aliphatic heterocycles. The summed E-state index contributed by atoms with van der Waals surface area (Å²) in [6.45, 7) is 3.20. The summed E-state index contributed by atoms with van der Waals surface area (Å²) >= 11 is 0. The molecule has 0 saturated carbocycles. The van der Waals surface area contributed by atoms with Crippen LogP contribution < -0.4 is 0 Å². The molecule has 0 N–H and O–H groups in total. The van der Waals surface area contributed by atoms with Crippen molar-refractivity contribution in [2.24, 2.45) is 0 Å². The largest absolute Gasteiger partial charge is 0.288 e. The molecule has 0 aliphatic carbocycles. The quantitative estimate of drug-likeness (QED) is 0.763. The Balaban J connectivity index is 2.56. The topological polar surface area (TPSA) is 30.0 Å². The fourth-order valence-electron chi connectivity index (χ4n) is 1.70. The van der Waals surface area contributed by atoms with Crippen LogP contribution in [0.3, 0.4) is 0 Å². The van der Waals surface area contributed by atoms with Crippen molar-refractivity contribution in [3.8, 4) is 0 Å². The van der Waals surface area contributed by atoms with Gasteiger partial charge in [-0.2, -0.15) is 0 Å². The van der Waals surface area contributed by atoms with Crippen molar-refractivity contribution in [3.63, 3.8) is 0 Å². The highest BCUT2D eigenvalue weighted by atomic mass is 19.1. The lowest BCUT2D eigenvalue weighted by Crippen LogP contribution is -2.09. The maximum atomic E-state index is 13.8. The van der Waals surface area contributed by atoms with Gasteiger partial charge in [0, 0.05) is 17.5 Å². The van der Waals surface area contributed by atoms with Gasteiger partial charge in [-0.25, -0.2) is 8.78 Å². The van der Waals surface area contributed by atoms with E-state index in [-0.39, 0.29) is 11.1 Å². The number of carbonyl (C=O) groups excluding carboxylic acids is 1. The number of halogens is 2. The molecule has 0 saturated heterocycles. The van der Waals surface area contributed by atoms with E-state index >= 15 is 0 Å². The Morgan fingerprint density at radius 1 is 1.17 bits per heavy atom. The van der Waals surface area contributed by atoms with Crippen molar-refractivity contribution in [2.75, 3.05) is 0 Å². The molecular weight excluding hydrogens is 236 g/mol. The average Bonchev–Trinajstić information content (AvgIpc) is 2.34. The molecular formula is C14H11F2NO. The van der Waals surface area contributed by atoms with Gasteiger partial charge in [0.25, 0.3) is 0 Å². The zero-order valence-electron chi connectivity index (χ0n) is 10.00.